The molecule has 150 valence electrons. The van der Waals surface area contributed by atoms with Gasteiger partial charge in [-0.3, -0.25) is 4.90 Å². The summed E-state index contributed by atoms with van der Waals surface area (Å²) in [6.45, 7) is 8.75. The van der Waals surface area contributed by atoms with Crippen LogP contribution in [0.3, 0.4) is 0 Å². The maximum Gasteiger partial charge on any atom is 0.415 e. The van der Waals surface area contributed by atoms with Crippen molar-refractivity contribution in [1.29, 1.82) is 0 Å². The summed E-state index contributed by atoms with van der Waals surface area (Å²) in [6, 6.07) is -0.391. The van der Waals surface area contributed by atoms with E-state index in [4.69, 9.17) is 27.5 Å². The molecule has 4 nitrogen and oxygen atoms in total. The summed E-state index contributed by atoms with van der Waals surface area (Å²) >= 11 is 5.81. The third-order valence-electron chi connectivity index (χ3n) is 3.79. The maximum atomic E-state index is 12.6. The number of ether oxygens (including phenoxy) is 2. The zero-order valence-corrected chi connectivity index (χ0v) is 17.1. The predicted octanol–water partition coefficient (Wildman–Crippen LogP) is 5.76. The van der Waals surface area contributed by atoms with E-state index in [1.54, 1.807) is 51.2 Å². The van der Waals surface area contributed by atoms with Crippen LogP contribution in [0.25, 0.3) is 0 Å². The second-order valence-corrected chi connectivity index (χ2v) is 6.63. The van der Waals surface area contributed by atoms with Gasteiger partial charge in [-0.05, 0) is 56.7 Å². The number of carbonyl (C=O) groups is 1. The number of terminal acetylenes is 1. The highest BCUT2D eigenvalue weighted by atomic mass is 35.5. The molecule has 0 aromatic rings. The van der Waals surface area contributed by atoms with Crippen molar-refractivity contribution >= 4 is 17.7 Å². The van der Waals surface area contributed by atoms with Gasteiger partial charge in [-0.2, -0.15) is 0 Å². The number of hydrogen-bond donors (Lipinski definition) is 0. The normalized spacial score (nSPS) is 19.1. The number of hydrogen-bond acceptors (Lipinski definition) is 3. The molecule has 1 aliphatic rings. The van der Waals surface area contributed by atoms with Gasteiger partial charge in [-0.25, -0.2) is 9.18 Å². The molecule has 1 atom stereocenters. The lowest BCUT2D eigenvalue weighted by molar-refractivity contribution is 0.165. The van der Waals surface area contributed by atoms with Gasteiger partial charge in [0.2, 0.25) is 0 Å². The van der Waals surface area contributed by atoms with Crippen LogP contribution in [0.15, 0.2) is 70.9 Å². The second kappa shape index (κ2) is 11.9. The average Bonchev–Trinajstić information content (AvgIpc) is 3.03. The Bertz CT molecular complexity index is 780. The number of cyclic esters (lactones) is 1. The largest absolute Gasteiger partial charge is 0.462 e. The fourth-order valence-corrected chi connectivity index (χ4v) is 2.41. The summed E-state index contributed by atoms with van der Waals surface area (Å²) in [4.78, 5) is 13.5. The first-order chi connectivity index (χ1) is 13.3. The number of halogens is 2. The number of carbonyl (C=O) groups excluding carboxylic acids is 1. The highest BCUT2D eigenvalue weighted by molar-refractivity contribution is 6.29. The Kier molecular flexibility index (Phi) is 9.91. The topological polar surface area (TPSA) is 38.8 Å². The van der Waals surface area contributed by atoms with Crippen LogP contribution in [0.4, 0.5) is 9.18 Å². The minimum atomic E-state index is -0.610. The van der Waals surface area contributed by atoms with E-state index in [9.17, 15) is 9.18 Å². The number of amides is 1. The first-order valence-corrected chi connectivity index (χ1v) is 9.05. The average molecular weight is 406 g/mol. The third kappa shape index (κ3) is 7.50. The Balaban J connectivity index is 2.98. The molecular formula is C22H25ClFNO3. The standard InChI is InChI=1S/C22H25ClFNO3/c1-6-7-8-20(28-19(5)11-9-17(3)23)12-10-18(4)25-21(15-27-22(25)26)16(2)13-14-24/h1,8-13,21H,4,7,14-15H2,2-3,5H3/b12-10-,16-13+,17-9+,19-11+,20-8+/t21-/m1/s1. The van der Waals surface area contributed by atoms with Crippen LogP contribution < -0.4 is 0 Å². The molecule has 0 N–H and O–H groups in total. The fourth-order valence-electron chi connectivity index (χ4n) is 2.35. The summed E-state index contributed by atoms with van der Waals surface area (Å²) in [5.41, 5.74) is 1.09. The molecule has 6 heteroatoms. The van der Waals surface area contributed by atoms with Crippen LogP contribution in [0.2, 0.25) is 0 Å². The van der Waals surface area contributed by atoms with Crippen LogP contribution in [0.1, 0.15) is 27.2 Å². The van der Waals surface area contributed by atoms with Crippen LogP contribution in [-0.4, -0.2) is 30.3 Å². The van der Waals surface area contributed by atoms with Gasteiger partial charge in [0.05, 0.1) is 6.04 Å². The van der Waals surface area contributed by atoms with Gasteiger partial charge >= 0.3 is 6.09 Å². The molecule has 1 rings (SSSR count). The molecule has 0 bridgehead atoms. The highest BCUT2D eigenvalue weighted by Gasteiger charge is 2.35. The van der Waals surface area contributed by atoms with E-state index >= 15 is 0 Å². The predicted molar refractivity (Wildman–Crippen MR) is 111 cm³/mol. The maximum absolute atomic E-state index is 12.6. The third-order valence-corrected chi connectivity index (χ3v) is 3.92. The zero-order chi connectivity index (χ0) is 21.1. The van der Waals surface area contributed by atoms with Crippen LogP contribution in [0.5, 0.6) is 0 Å². The Morgan fingerprint density at radius 3 is 2.71 bits per heavy atom. The molecule has 0 radical (unpaired) electrons. The number of rotatable bonds is 9. The van der Waals surface area contributed by atoms with Crippen LogP contribution in [-0.2, 0) is 9.47 Å². The zero-order valence-electron chi connectivity index (χ0n) is 16.4. The lowest BCUT2D eigenvalue weighted by atomic mass is 10.1. The van der Waals surface area contributed by atoms with Crippen molar-refractivity contribution in [2.24, 2.45) is 0 Å². The molecular weight excluding hydrogens is 381 g/mol. The monoisotopic (exact) mass is 405 g/mol. The van der Waals surface area contributed by atoms with Gasteiger partial charge in [-0.1, -0.05) is 24.3 Å². The summed E-state index contributed by atoms with van der Waals surface area (Å²) in [5, 5.41) is 0.622. The summed E-state index contributed by atoms with van der Waals surface area (Å²) in [5.74, 6) is 3.62. The van der Waals surface area contributed by atoms with Crippen molar-refractivity contribution in [2.45, 2.75) is 33.2 Å². The molecule has 1 fully saturated rings. The summed E-state index contributed by atoms with van der Waals surface area (Å²) < 4.78 is 23.5. The molecule has 0 saturated carbocycles. The quantitative estimate of drug-likeness (QED) is 0.212. The molecule has 0 aliphatic carbocycles. The second-order valence-electron chi connectivity index (χ2n) is 6.04. The Hall–Kier alpha value is -2.71. The Morgan fingerprint density at radius 2 is 2.11 bits per heavy atom. The van der Waals surface area contributed by atoms with E-state index in [1.165, 1.54) is 11.0 Å². The van der Waals surface area contributed by atoms with Crippen molar-refractivity contribution in [3.05, 3.63) is 70.9 Å². The molecule has 1 aliphatic heterocycles. The van der Waals surface area contributed by atoms with E-state index < -0.39 is 18.8 Å². The van der Waals surface area contributed by atoms with Gasteiger partial charge in [0.1, 0.15) is 24.8 Å². The molecule has 1 amide bonds. The van der Waals surface area contributed by atoms with Gasteiger partial charge in [-0.15, -0.1) is 12.3 Å². The van der Waals surface area contributed by atoms with E-state index in [0.717, 1.165) is 0 Å². The number of alkyl halides is 1. The minimum Gasteiger partial charge on any atom is -0.462 e. The van der Waals surface area contributed by atoms with E-state index in [-0.39, 0.29) is 6.61 Å². The first-order valence-electron chi connectivity index (χ1n) is 8.67. The van der Waals surface area contributed by atoms with Crippen LogP contribution in [0, 0.1) is 12.3 Å². The lowest BCUT2D eigenvalue weighted by Crippen LogP contribution is -2.32. The summed E-state index contributed by atoms with van der Waals surface area (Å²) in [7, 11) is 0. The molecule has 28 heavy (non-hydrogen) atoms. The molecule has 0 aromatic heterocycles. The molecule has 1 saturated heterocycles. The highest BCUT2D eigenvalue weighted by Crippen LogP contribution is 2.24. The molecule has 0 unspecified atom stereocenters. The van der Waals surface area contributed by atoms with E-state index in [2.05, 4.69) is 12.5 Å². The first kappa shape index (κ1) is 23.3. The summed E-state index contributed by atoms with van der Waals surface area (Å²) in [6.07, 6.45) is 15.0. The van der Waals surface area contributed by atoms with Crippen molar-refractivity contribution < 1.29 is 18.7 Å². The molecule has 0 aromatic carbocycles. The van der Waals surface area contributed by atoms with Gasteiger partial charge in [0.25, 0.3) is 0 Å². The van der Waals surface area contributed by atoms with Crippen molar-refractivity contribution in [3.8, 4) is 12.3 Å². The van der Waals surface area contributed by atoms with Gasteiger partial charge in [0.15, 0.2) is 0 Å². The lowest BCUT2D eigenvalue weighted by Gasteiger charge is -2.22. The van der Waals surface area contributed by atoms with E-state index in [1.807, 2.05) is 0 Å². The Labute approximate surface area is 171 Å². The molecule has 1 heterocycles. The van der Waals surface area contributed by atoms with Gasteiger partial charge < -0.3 is 9.47 Å². The number of allylic oxidation sites excluding steroid dienone is 8. The Morgan fingerprint density at radius 1 is 1.39 bits per heavy atom. The minimum absolute atomic E-state index is 0.149. The fraction of sp³-hybridized carbons (Fsp3) is 0.318. The van der Waals surface area contributed by atoms with Crippen LogP contribution >= 0.6 is 11.6 Å². The van der Waals surface area contributed by atoms with Crippen molar-refractivity contribution in [3.63, 3.8) is 0 Å². The van der Waals surface area contributed by atoms with Crippen molar-refractivity contribution in [2.75, 3.05) is 13.3 Å². The number of nitrogens with zero attached hydrogens (tertiary/aromatic N) is 1. The van der Waals surface area contributed by atoms with E-state index in [0.29, 0.717) is 34.2 Å². The van der Waals surface area contributed by atoms with Crippen molar-refractivity contribution in [1.82, 2.24) is 4.90 Å². The molecule has 0 spiro atoms. The SMILES string of the molecule is C#CC/C=C(\C=C/C(=C)N1C(=O)OC[C@@H]1/C(C)=C/CF)O/C(C)=C/C=C(\C)Cl. The van der Waals surface area contributed by atoms with Gasteiger partial charge in [0, 0.05) is 17.2 Å². The smallest absolute Gasteiger partial charge is 0.415 e.